The number of aromatic hydroxyl groups is 1. The molecule has 2 aromatic rings. The quantitative estimate of drug-likeness (QED) is 0.447. The Morgan fingerprint density at radius 2 is 2.27 bits per heavy atom. The zero-order chi connectivity index (χ0) is 15.9. The zero-order valence-corrected chi connectivity index (χ0v) is 12.0. The molecule has 6 heteroatoms. The fourth-order valence-corrected chi connectivity index (χ4v) is 1.79. The van der Waals surface area contributed by atoms with Crippen molar-refractivity contribution < 1.29 is 14.3 Å². The van der Waals surface area contributed by atoms with Crippen LogP contribution < -0.4 is 10.6 Å². The number of carbonyl (C=O) groups excluding carboxylic acids is 1. The number of nitriles is 1. The number of amides is 1. The van der Waals surface area contributed by atoms with Crippen LogP contribution in [0.1, 0.15) is 11.3 Å². The molecular formula is C16H15N3O3. The zero-order valence-electron chi connectivity index (χ0n) is 12.0. The van der Waals surface area contributed by atoms with Crippen molar-refractivity contribution in [3.05, 3.63) is 59.7 Å². The largest absolute Gasteiger partial charge is 0.508 e. The van der Waals surface area contributed by atoms with Gasteiger partial charge in [-0.2, -0.15) is 5.26 Å². The summed E-state index contributed by atoms with van der Waals surface area (Å²) >= 11 is 0. The molecule has 2 rings (SSSR count). The summed E-state index contributed by atoms with van der Waals surface area (Å²) < 4.78 is 5.13. The molecule has 0 atom stereocenters. The van der Waals surface area contributed by atoms with Gasteiger partial charge in [-0.15, -0.1) is 0 Å². The van der Waals surface area contributed by atoms with E-state index in [4.69, 9.17) is 9.68 Å². The molecule has 0 unspecified atom stereocenters. The molecular weight excluding hydrogens is 282 g/mol. The molecule has 0 bridgehead atoms. The van der Waals surface area contributed by atoms with E-state index in [9.17, 15) is 9.90 Å². The molecule has 0 aliphatic heterocycles. The molecule has 22 heavy (non-hydrogen) atoms. The van der Waals surface area contributed by atoms with Crippen LogP contribution in [-0.2, 0) is 11.3 Å². The summed E-state index contributed by atoms with van der Waals surface area (Å²) in [5.41, 5.74) is 1.18. The molecule has 0 saturated carbocycles. The first-order valence-electron chi connectivity index (χ1n) is 6.57. The van der Waals surface area contributed by atoms with Crippen molar-refractivity contribution in [3.63, 3.8) is 0 Å². The summed E-state index contributed by atoms with van der Waals surface area (Å²) in [6, 6.07) is 9.95. The van der Waals surface area contributed by atoms with Crippen LogP contribution in [-0.4, -0.2) is 11.0 Å². The van der Waals surface area contributed by atoms with Crippen molar-refractivity contribution in [1.29, 1.82) is 5.26 Å². The first-order valence-corrected chi connectivity index (χ1v) is 6.57. The number of anilines is 1. The summed E-state index contributed by atoms with van der Waals surface area (Å²) in [5.74, 6) is 0.290. The van der Waals surface area contributed by atoms with Crippen LogP contribution in [0.4, 0.5) is 5.69 Å². The van der Waals surface area contributed by atoms with Gasteiger partial charge in [-0.3, -0.25) is 4.79 Å². The maximum Gasteiger partial charge on any atom is 0.267 e. The fraction of sp³-hybridized carbons (Fsp3) is 0.125. The van der Waals surface area contributed by atoms with Crippen LogP contribution in [0.15, 0.2) is 52.8 Å². The number of furan rings is 1. The third-order valence-electron chi connectivity index (χ3n) is 2.93. The van der Waals surface area contributed by atoms with E-state index in [0.717, 1.165) is 0 Å². The molecule has 0 spiro atoms. The third-order valence-corrected chi connectivity index (χ3v) is 2.93. The Bertz CT molecular complexity index is 728. The molecule has 0 fully saturated rings. The molecule has 0 aliphatic rings. The minimum absolute atomic E-state index is 0.0565. The van der Waals surface area contributed by atoms with Crippen LogP contribution in [0.2, 0.25) is 0 Å². The van der Waals surface area contributed by atoms with Gasteiger partial charge in [0.2, 0.25) is 0 Å². The van der Waals surface area contributed by atoms with Gasteiger partial charge < -0.3 is 20.2 Å². The number of nitrogens with zero attached hydrogens (tertiary/aromatic N) is 1. The lowest BCUT2D eigenvalue weighted by molar-refractivity contribution is -0.112. The second kappa shape index (κ2) is 6.99. The van der Waals surface area contributed by atoms with Crippen molar-refractivity contribution in [2.75, 3.05) is 5.32 Å². The lowest BCUT2D eigenvalue weighted by atomic mass is 10.2. The highest BCUT2D eigenvalue weighted by molar-refractivity contribution is 6.06. The van der Waals surface area contributed by atoms with Gasteiger partial charge >= 0.3 is 0 Å². The van der Waals surface area contributed by atoms with Crippen LogP contribution >= 0.6 is 0 Å². The Hall–Kier alpha value is -3.20. The smallest absolute Gasteiger partial charge is 0.267 e. The van der Waals surface area contributed by atoms with Gasteiger partial charge in [0.25, 0.3) is 5.91 Å². The van der Waals surface area contributed by atoms with Crippen LogP contribution in [0.5, 0.6) is 5.75 Å². The molecule has 0 radical (unpaired) electrons. The summed E-state index contributed by atoms with van der Waals surface area (Å²) in [4.78, 5) is 12.0. The molecule has 1 amide bonds. The average Bonchev–Trinajstić information content (AvgIpc) is 2.99. The Labute approximate surface area is 127 Å². The fourth-order valence-electron chi connectivity index (χ4n) is 1.79. The summed E-state index contributed by atoms with van der Waals surface area (Å²) in [6.45, 7) is 2.13. The number of phenolic OH excluding ortho intramolecular Hbond substituents is 1. The molecule has 0 aliphatic carbocycles. The highest BCUT2D eigenvalue weighted by Crippen LogP contribution is 2.20. The predicted octanol–water partition coefficient (Wildman–Crippen LogP) is 2.43. The van der Waals surface area contributed by atoms with E-state index >= 15 is 0 Å². The average molecular weight is 297 g/mol. The van der Waals surface area contributed by atoms with Gasteiger partial charge in [-0.25, -0.2) is 0 Å². The summed E-state index contributed by atoms with van der Waals surface area (Å²) in [5, 5.41) is 23.9. The number of phenols is 1. The van der Waals surface area contributed by atoms with Gasteiger partial charge in [0.15, 0.2) is 0 Å². The maximum atomic E-state index is 12.0. The van der Waals surface area contributed by atoms with Crippen molar-refractivity contribution in [3.8, 4) is 11.8 Å². The Morgan fingerprint density at radius 3 is 2.91 bits per heavy atom. The molecule has 6 nitrogen and oxygen atoms in total. The van der Waals surface area contributed by atoms with Crippen LogP contribution in [0.3, 0.4) is 0 Å². The highest BCUT2D eigenvalue weighted by atomic mass is 16.3. The summed E-state index contributed by atoms with van der Waals surface area (Å²) in [6.07, 6.45) is 2.89. The first-order chi connectivity index (χ1) is 10.6. The lowest BCUT2D eigenvalue weighted by Crippen LogP contribution is -2.17. The molecule has 1 aromatic carbocycles. The molecule has 0 saturated heterocycles. The SMILES string of the molecule is Cc1cc(O)ccc1NC(=O)/C(C#N)=C\NCc1ccco1. The van der Waals surface area contributed by atoms with E-state index in [1.807, 2.05) is 6.07 Å². The number of benzene rings is 1. The normalized spacial score (nSPS) is 10.8. The summed E-state index contributed by atoms with van der Waals surface area (Å²) in [7, 11) is 0. The molecule has 3 N–H and O–H groups in total. The second-order valence-corrected chi connectivity index (χ2v) is 4.58. The van der Waals surface area contributed by atoms with Crippen LogP contribution in [0.25, 0.3) is 0 Å². The Kier molecular flexibility index (Phi) is 4.83. The van der Waals surface area contributed by atoms with E-state index in [-0.39, 0.29) is 11.3 Å². The van der Waals surface area contributed by atoms with E-state index in [0.29, 0.717) is 23.6 Å². The van der Waals surface area contributed by atoms with E-state index in [2.05, 4.69) is 10.6 Å². The molecule has 1 heterocycles. The van der Waals surface area contributed by atoms with E-state index in [1.54, 1.807) is 31.4 Å². The molecule has 1 aromatic heterocycles. The van der Waals surface area contributed by atoms with Gasteiger partial charge in [-0.1, -0.05) is 0 Å². The lowest BCUT2D eigenvalue weighted by Gasteiger charge is -2.08. The number of carbonyl (C=O) groups is 1. The van der Waals surface area contributed by atoms with Crippen molar-refractivity contribution in [1.82, 2.24) is 5.32 Å². The monoisotopic (exact) mass is 297 g/mol. The third kappa shape index (κ3) is 3.90. The first kappa shape index (κ1) is 15.2. The van der Waals surface area contributed by atoms with Crippen molar-refractivity contribution in [2.45, 2.75) is 13.5 Å². The number of rotatable bonds is 5. The van der Waals surface area contributed by atoms with Gasteiger partial charge in [-0.05, 0) is 42.8 Å². The number of aryl methyl sites for hydroxylation is 1. The van der Waals surface area contributed by atoms with Crippen molar-refractivity contribution in [2.24, 2.45) is 0 Å². The minimum atomic E-state index is -0.525. The van der Waals surface area contributed by atoms with Crippen molar-refractivity contribution >= 4 is 11.6 Å². The van der Waals surface area contributed by atoms with Gasteiger partial charge in [0, 0.05) is 11.9 Å². The number of hydrogen-bond acceptors (Lipinski definition) is 5. The number of nitrogens with one attached hydrogen (secondary N) is 2. The van der Waals surface area contributed by atoms with Gasteiger partial charge in [0.05, 0.1) is 12.8 Å². The number of hydrogen-bond donors (Lipinski definition) is 3. The molecule has 112 valence electrons. The Morgan fingerprint density at radius 1 is 1.45 bits per heavy atom. The minimum Gasteiger partial charge on any atom is -0.508 e. The predicted molar refractivity (Wildman–Crippen MR) is 80.7 cm³/mol. The van der Waals surface area contributed by atoms with Crippen LogP contribution in [0, 0.1) is 18.3 Å². The highest BCUT2D eigenvalue weighted by Gasteiger charge is 2.10. The topological polar surface area (TPSA) is 98.3 Å². The Balaban J connectivity index is 2.00. The second-order valence-electron chi connectivity index (χ2n) is 4.58. The van der Waals surface area contributed by atoms with E-state index < -0.39 is 5.91 Å². The maximum absolute atomic E-state index is 12.0. The van der Waals surface area contributed by atoms with Gasteiger partial charge in [0.1, 0.15) is 23.2 Å². The standard InChI is InChI=1S/C16H15N3O3/c1-11-7-13(20)4-5-15(11)19-16(21)12(8-17)9-18-10-14-3-2-6-22-14/h2-7,9,18,20H,10H2,1H3,(H,19,21)/b12-9-. The van der Waals surface area contributed by atoms with E-state index in [1.165, 1.54) is 18.3 Å².